The fraction of sp³-hybridized carbons (Fsp3) is 0.292. The quantitative estimate of drug-likeness (QED) is 0.636. The minimum atomic E-state index is 0.0229. The topological polar surface area (TPSA) is 44.8 Å². The number of ether oxygens (including phenoxy) is 1. The van der Waals surface area contributed by atoms with Gasteiger partial charge in [-0.3, -0.25) is 9.69 Å². The van der Waals surface area contributed by atoms with Crippen LogP contribution in [-0.2, 0) is 17.9 Å². The molecule has 0 aromatic heterocycles. The summed E-state index contributed by atoms with van der Waals surface area (Å²) in [5, 5.41) is 5.31. The van der Waals surface area contributed by atoms with Gasteiger partial charge in [0, 0.05) is 32.9 Å². The van der Waals surface area contributed by atoms with E-state index in [0.29, 0.717) is 19.6 Å². The molecular weight excluding hydrogens is 362 g/mol. The van der Waals surface area contributed by atoms with Crippen LogP contribution in [0.5, 0.6) is 5.75 Å². The summed E-state index contributed by atoms with van der Waals surface area (Å²) < 4.78 is 5.28. The van der Waals surface area contributed by atoms with Crippen molar-refractivity contribution in [3.63, 3.8) is 0 Å². The van der Waals surface area contributed by atoms with Crippen LogP contribution in [0.25, 0.3) is 10.8 Å². The maximum absolute atomic E-state index is 12.3. The number of likely N-dealkylation sites (N-methyl/N-ethyl adjacent to an activating group) is 1. The number of fused-ring (bicyclic) bond motifs is 1. The lowest BCUT2D eigenvalue weighted by atomic mass is 10.1. The smallest absolute Gasteiger partial charge is 0.234 e. The summed E-state index contributed by atoms with van der Waals surface area (Å²) in [5.74, 6) is 0.880. The number of carbonyl (C=O) groups is 1. The second-order valence-electron chi connectivity index (χ2n) is 7.56. The van der Waals surface area contributed by atoms with Crippen molar-refractivity contribution in [2.24, 2.45) is 0 Å². The third-order valence-electron chi connectivity index (χ3n) is 4.92. The Hall–Kier alpha value is -3.05. The molecule has 0 atom stereocenters. The van der Waals surface area contributed by atoms with Gasteiger partial charge in [-0.25, -0.2) is 0 Å². The lowest BCUT2D eigenvalue weighted by Gasteiger charge is -2.17. The first-order valence-electron chi connectivity index (χ1n) is 9.73. The van der Waals surface area contributed by atoms with Crippen LogP contribution in [0.2, 0.25) is 0 Å². The Kier molecular flexibility index (Phi) is 6.73. The van der Waals surface area contributed by atoms with E-state index in [2.05, 4.69) is 46.6 Å². The van der Waals surface area contributed by atoms with E-state index in [-0.39, 0.29) is 5.91 Å². The summed E-state index contributed by atoms with van der Waals surface area (Å²) >= 11 is 0. The number of benzene rings is 3. The maximum atomic E-state index is 12.3. The predicted molar refractivity (Wildman–Crippen MR) is 119 cm³/mol. The first kappa shape index (κ1) is 20.7. The van der Waals surface area contributed by atoms with E-state index in [4.69, 9.17) is 4.74 Å². The number of hydrogen-bond acceptors (Lipinski definition) is 4. The van der Waals surface area contributed by atoms with Crippen LogP contribution in [-0.4, -0.2) is 45.6 Å². The highest BCUT2D eigenvalue weighted by Crippen LogP contribution is 2.22. The van der Waals surface area contributed by atoms with Gasteiger partial charge in [0.05, 0.1) is 13.7 Å². The lowest BCUT2D eigenvalue weighted by molar-refractivity contribution is -0.122. The minimum absolute atomic E-state index is 0.0229. The maximum Gasteiger partial charge on any atom is 0.234 e. The molecule has 0 heterocycles. The Morgan fingerprint density at radius 3 is 2.24 bits per heavy atom. The van der Waals surface area contributed by atoms with Gasteiger partial charge in [-0.15, -0.1) is 0 Å². The Morgan fingerprint density at radius 1 is 0.897 bits per heavy atom. The van der Waals surface area contributed by atoms with Crippen molar-refractivity contribution >= 4 is 22.4 Å². The molecule has 0 saturated heterocycles. The molecule has 0 aliphatic carbocycles. The molecule has 3 aromatic carbocycles. The summed E-state index contributed by atoms with van der Waals surface area (Å²) in [7, 11) is 7.66. The van der Waals surface area contributed by atoms with E-state index in [1.165, 1.54) is 10.9 Å². The number of carbonyl (C=O) groups excluding carboxylic acids is 1. The fourth-order valence-electron chi connectivity index (χ4n) is 3.28. The van der Waals surface area contributed by atoms with Crippen molar-refractivity contribution in [1.29, 1.82) is 0 Å². The van der Waals surface area contributed by atoms with Crippen molar-refractivity contribution in [2.75, 3.05) is 39.7 Å². The zero-order valence-electron chi connectivity index (χ0n) is 17.6. The molecule has 152 valence electrons. The summed E-state index contributed by atoms with van der Waals surface area (Å²) in [6.07, 6.45) is 0. The molecule has 3 rings (SSSR count). The number of anilines is 1. The molecule has 0 aliphatic rings. The molecule has 3 aromatic rings. The van der Waals surface area contributed by atoms with Crippen LogP contribution in [0.3, 0.4) is 0 Å². The van der Waals surface area contributed by atoms with Crippen molar-refractivity contribution in [2.45, 2.75) is 13.1 Å². The third-order valence-corrected chi connectivity index (χ3v) is 4.92. The summed E-state index contributed by atoms with van der Waals surface area (Å²) in [6, 6.07) is 20.6. The molecule has 1 N–H and O–H groups in total. The Bertz CT molecular complexity index is 968. The zero-order valence-corrected chi connectivity index (χ0v) is 17.6. The number of nitrogens with one attached hydrogen (secondary N) is 1. The van der Waals surface area contributed by atoms with E-state index in [1.54, 1.807) is 7.11 Å². The first-order chi connectivity index (χ1) is 13.9. The highest BCUT2D eigenvalue weighted by Gasteiger charge is 2.08. The fourth-order valence-corrected chi connectivity index (χ4v) is 3.28. The number of nitrogens with zero attached hydrogens (tertiary/aromatic N) is 2. The molecule has 5 nitrogen and oxygen atoms in total. The molecule has 0 radical (unpaired) electrons. The molecular formula is C24H29N3O2. The number of amides is 1. The standard InChI is InChI=1S/C24H29N3O2/c1-26(2)22-10-6-18(7-11-22)15-25-24(28)17-27(3)16-19-5-8-21-14-23(29-4)12-9-20(21)13-19/h5-14H,15-17H2,1-4H3,(H,25,28). The molecule has 29 heavy (non-hydrogen) atoms. The Morgan fingerprint density at radius 2 is 1.55 bits per heavy atom. The van der Waals surface area contributed by atoms with Gasteiger partial charge in [0.25, 0.3) is 0 Å². The van der Waals surface area contributed by atoms with Crippen LogP contribution in [0.1, 0.15) is 11.1 Å². The largest absolute Gasteiger partial charge is 0.497 e. The first-order valence-corrected chi connectivity index (χ1v) is 9.73. The number of hydrogen-bond donors (Lipinski definition) is 1. The zero-order chi connectivity index (χ0) is 20.8. The van der Waals surface area contributed by atoms with Gasteiger partial charge in [-0.1, -0.05) is 30.3 Å². The second-order valence-corrected chi connectivity index (χ2v) is 7.56. The highest BCUT2D eigenvalue weighted by molar-refractivity contribution is 5.84. The monoisotopic (exact) mass is 391 g/mol. The van der Waals surface area contributed by atoms with Gasteiger partial charge in [0.15, 0.2) is 0 Å². The SMILES string of the molecule is COc1ccc2cc(CN(C)CC(=O)NCc3ccc(N(C)C)cc3)ccc2c1. The van der Waals surface area contributed by atoms with Crippen LogP contribution >= 0.6 is 0 Å². The van der Waals surface area contributed by atoms with Crippen molar-refractivity contribution < 1.29 is 9.53 Å². The van der Waals surface area contributed by atoms with Crippen LogP contribution in [0.15, 0.2) is 60.7 Å². The molecule has 0 fully saturated rings. The third kappa shape index (κ3) is 5.72. The lowest BCUT2D eigenvalue weighted by Crippen LogP contribution is -2.34. The van der Waals surface area contributed by atoms with Gasteiger partial charge < -0.3 is 15.0 Å². The predicted octanol–water partition coefficient (Wildman–Crippen LogP) is 3.66. The van der Waals surface area contributed by atoms with Crippen molar-refractivity contribution in [3.05, 3.63) is 71.8 Å². The van der Waals surface area contributed by atoms with Crippen LogP contribution < -0.4 is 15.0 Å². The Balaban J connectivity index is 1.51. The molecule has 0 bridgehead atoms. The molecule has 0 unspecified atom stereocenters. The average molecular weight is 392 g/mol. The molecule has 0 saturated carbocycles. The van der Waals surface area contributed by atoms with E-state index in [9.17, 15) is 4.79 Å². The molecule has 0 spiro atoms. The van der Waals surface area contributed by atoms with Crippen LogP contribution in [0.4, 0.5) is 5.69 Å². The van der Waals surface area contributed by atoms with E-state index < -0.39 is 0 Å². The molecule has 0 aliphatic heterocycles. The average Bonchev–Trinajstić information content (AvgIpc) is 2.72. The normalized spacial score (nSPS) is 10.9. The van der Waals surface area contributed by atoms with E-state index in [1.807, 2.05) is 50.3 Å². The summed E-state index contributed by atoms with van der Waals surface area (Å²) in [5.41, 5.74) is 3.42. The summed E-state index contributed by atoms with van der Waals surface area (Å²) in [6.45, 7) is 1.61. The van der Waals surface area contributed by atoms with Gasteiger partial charge in [-0.2, -0.15) is 0 Å². The number of rotatable bonds is 8. The van der Waals surface area contributed by atoms with Gasteiger partial charge in [-0.05, 0) is 59.3 Å². The molecule has 1 amide bonds. The van der Waals surface area contributed by atoms with Gasteiger partial charge in [0.2, 0.25) is 5.91 Å². The second kappa shape index (κ2) is 9.43. The van der Waals surface area contributed by atoms with E-state index in [0.717, 1.165) is 22.4 Å². The van der Waals surface area contributed by atoms with Crippen molar-refractivity contribution in [3.8, 4) is 5.75 Å². The number of methoxy groups -OCH3 is 1. The van der Waals surface area contributed by atoms with Gasteiger partial charge in [0.1, 0.15) is 5.75 Å². The van der Waals surface area contributed by atoms with E-state index >= 15 is 0 Å². The molecule has 5 heteroatoms. The minimum Gasteiger partial charge on any atom is -0.497 e. The highest BCUT2D eigenvalue weighted by atomic mass is 16.5. The Labute approximate surface area is 172 Å². The summed E-state index contributed by atoms with van der Waals surface area (Å²) in [4.78, 5) is 16.4. The van der Waals surface area contributed by atoms with Crippen molar-refractivity contribution in [1.82, 2.24) is 10.2 Å². The van der Waals surface area contributed by atoms with Crippen LogP contribution in [0, 0.1) is 0 Å². The van der Waals surface area contributed by atoms with Gasteiger partial charge >= 0.3 is 0 Å².